The molecule has 0 aromatic heterocycles. The predicted octanol–water partition coefficient (Wildman–Crippen LogP) is 3.68. The maximum atomic E-state index is 3.73. The normalized spacial score (nSPS) is 24.2. The second-order valence-electron chi connectivity index (χ2n) is 5.12. The highest BCUT2D eigenvalue weighted by Gasteiger charge is 2.23. The molecular formula is C15H23NS. The van der Waals surface area contributed by atoms with E-state index in [1.54, 1.807) is 0 Å². The summed E-state index contributed by atoms with van der Waals surface area (Å²) in [6.07, 6.45) is 6.30. The van der Waals surface area contributed by atoms with Crippen LogP contribution in [0.2, 0.25) is 0 Å². The quantitative estimate of drug-likeness (QED) is 0.873. The minimum absolute atomic E-state index is 0.728. The lowest BCUT2D eigenvalue weighted by atomic mass is 10.0. The van der Waals surface area contributed by atoms with Gasteiger partial charge in [0, 0.05) is 17.8 Å². The van der Waals surface area contributed by atoms with E-state index in [1.165, 1.54) is 36.0 Å². The lowest BCUT2D eigenvalue weighted by Crippen LogP contribution is -2.26. The molecule has 2 rings (SSSR count). The fourth-order valence-electron chi connectivity index (χ4n) is 2.71. The van der Waals surface area contributed by atoms with Crippen LogP contribution in [0, 0.1) is 13.8 Å². The van der Waals surface area contributed by atoms with Gasteiger partial charge in [-0.25, -0.2) is 0 Å². The lowest BCUT2D eigenvalue weighted by molar-refractivity contribution is 0.523. The van der Waals surface area contributed by atoms with E-state index in [1.807, 2.05) is 11.8 Å². The van der Waals surface area contributed by atoms with E-state index in [-0.39, 0.29) is 0 Å². The molecule has 2 atom stereocenters. The van der Waals surface area contributed by atoms with E-state index in [4.69, 9.17) is 0 Å². The first-order valence-corrected chi connectivity index (χ1v) is 7.80. The first-order valence-electron chi connectivity index (χ1n) is 6.52. The Morgan fingerprint density at radius 2 is 1.94 bits per heavy atom. The van der Waals surface area contributed by atoms with Crippen LogP contribution in [0.1, 0.15) is 36.0 Å². The number of rotatable bonds is 4. The molecule has 1 N–H and O–H groups in total. The van der Waals surface area contributed by atoms with Gasteiger partial charge in [-0.1, -0.05) is 18.2 Å². The molecule has 0 spiro atoms. The highest BCUT2D eigenvalue weighted by molar-refractivity contribution is 7.99. The maximum absolute atomic E-state index is 3.73. The number of benzene rings is 1. The van der Waals surface area contributed by atoms with Crippen molar-refractivity contribution in [1.29, 1.82) is 0 Å². The monoisotopic (exact) mass is 249 g/mol. The third kappa shape index (κ3) is 3.26. The van der Waals surface area contributed by atoms with E-state index in [9.17, 15) is 0 Å². The van der Waals surface area contributed by atoms with Crippen molar-refractivity contribution in [3.63, 3.8) is 0 Å². The minimum Gasteiger partial charge on any atom is -0.310 e. The fourth-order valence-corrected chi connectivity index (χ4v) is 3.51. The molecule has 1 saturated carbocycles. The third-order valence-corrected chi connectivity index (χ3v) is 5.02. The van der Waals surface area contributed by atoms with Crippen molar-refractivity contribution >= 4 is 11.8 Å². The zero-order valence-electron chi connectivity index (χ0n) is 11.1. The molecular weight excluding hydrogens is 226 g/mol. The maximum Gasteiger partial charge on any atom is 0.0213 e. The van der Waals surface area contributed by atoms with E-state index < -0.39 is 0 Å². The Balaban J connectivity index is 1.90. The molecule has 0 aliphatic heterocycles. The van der Waals surface area contributed by atoms with Crippen LogP contribution >= 0.6 is 11.8 Å². The summed E-state index contributed by atoms with van der Waals surface area (Å²) in [5, 5.41) is 4.61. The smallest absolute Gasteiger partial charge is 0.0213 e. The van der Waals surface area contributed by atoms with E-state index in [0.717, 1.165) is 17.8 Å². The van der Waals surface area contributed by atoms with Crippen LogP contribution in [0.4, 0.5) is 0 Å². The summed E-state index contributed by atoms with van der Waals surface area (Å²) in [5.41, 5.74) is 4.31. The van der Waals surface area contributed by atoms with Gasteiger partial charge in [0.1, 0.15) is 0 Å². The number of thioether (sulfide) groups is 1. The Labute approximate surface area is 109 Å². The zero-order valence-corrected chi connectivity index (χ0v) is 11.9. The molecule has 94 valence electrons. The van der Waals surface area contributed by atoms with Crippen molar-refractivity contribution in [3.8, 4) is 0 Å². The number of aryl methyl sites for hydroxylation is 2. The zero-order chi connectivity index (χ0) is 12.3. The highest BCUT2D eigenvalue weighted by atomic mass is 32.2. The molecule has 1 fully saturated rings. The topological polar surface area (TPSA) is 12.0 Å². The van der Waals surface area contributed by atoms with Crippen molar-refractivity contribution in [2.24, 2.45) is 0 Å². The summed E-state index contributed by atoms with van der Waals surface area (Å²) in [6.45, 7) is 5.46. The third-order valence-electron chi connectivity index (χ3n) is 3.93. The van der Waals surface area contributed by atoms with Gasteiger partial charge in [0.2, 0.25) is 0 Å². The first kappa shape index (κ1) is 13.0. The molecule has 0 bridgehead atoms. The van der Waals surface area contributed by atoms with Crippen LogP contribution in [0.25, 0.3) is 0 Å². The van der Waals surface area contributed by atoms with Gasteiger partial charge in [-0.15, -0.1) is 0 Å². The van der Waals surface area contributed by atoms with Crippen molar-refractivity contribution in [2.75, 3.05) is 6.26 Å². The largest absolute Gasteiger partial charge is 0.310 e. The van der Waals surface area contributed by atoms with E-state index in [0.29, 0.717) is 0 Å². The van der Waals surface area contributed by atoms with Crippen LogP contribution in [0.15, 0.2) is 18.2 Å². The van der Waals surface area contributed by atoms with Crippen LogP contribution < -0.4 is 5.32 Å². The van der Waals surface area contributed by atoms with Gasteiger partial charge in [0.05, 0.1) is 0 Å². The average Bonchev–Trinajstić information content (AvgIpc) is 2.76. The highest BCUT2D eigenvalue weighted by Crippen LogP contribution is 2.28. The van der Waals surface area contributed by atoms with E-state index in [2.05, 4.69) is 43.6 Å². The summed E-state index contributed by atoms with van der Waals surface area (Å²) in [4.78, 5) is 0. The molecule has 0 saturated heterocycles. The van der Waals surface area contributed by atoms with Crippen LogP contribution in [-0.2, 0) is 6.54 Å². The summed E-state index contributed by atoms with van der Waals surface area (Å²) in [6, 6.07) is 7.30. The molecule has 0 radical (unpaired) electrons. The van der Waals surface area contributed by atoms with Gasteiger partial charge in [0.25, 0.3) is 0 Å². The number of hydrogen-bond acceptors (Lipinski definition) is 2. The average molecular weight is 249 g/mol. The Morgan fingerprint density at radius 3 is 2.53 bits per heavy atom. The Hall–Kier alpha value is -0.470. The Morgan fingerprint density at radius 1 is 1.24 bits per heavy atom. The van der Waals surface area contributed by atoms with Crippen LogP contribution in [-0.4, -0.2) is 17.5 Å². The molecule has 0 heterocycles. The van der Waals surface area contributed by atoms with Crippen LogP contribution in [0.3, 0.4) is 0 Å². The molecule has 0 amide bonds. The van der Waals surface area contributed by atoms with Crippen molar-refractivity contribution < 1.29 is 0 Å². The number of nitrogens with one attached hydrogen (secondary N) is 1. The van der Waals surface area contributed by atoms with Gasteiger partial charge in [0.15, 0.2) is 0 Å². The van der Waals surface area contributed by atoms with Crippen molar-refractivity contribution in [3.05, 3.63) is 34.9 Å². The van der Waals surface area contributed by atoms with Gasteiger partial charge < -0.3 is 5.32 Å². The second kappa shape index (κ2) is 5.92. The molecule has 1 aliphatic carbocycles. The van der Waals surface area contributed by atoms with Gasteiger partial charge in [-0.05, 0) is 56.1 Å². The lowest BCUT2D eigenvalue weighted by Gasteiger charge is -2.15. The first-order chi connectivity index (χ1) is 8.20. The molecule has 2 unspecified atom stereocenters. The molecule has 1 nitrogen and oxygen atoms in total. The molecule has 1 aromatic rings. The predicted molar refractivity (Wildman–Crippen MR) is 77.7 cm³/mol. The Bertz CT molecular complexity index is 355. The van der Waals surface area contributed by atoms with Gasteiger partial charge in [-0.2, -0.15) is 11.8 Å². The van der Waals surface area contributed by atoms with Crippen LogP contribution in [0.5, 0.6) is 0 Å². The standard InChI is InChI=1S/C15H23NS/c1-11-5-4-6-12(2)15(11)10-16-13-7-8-14(9-13)17-3/h4-6,13-14,16H,7-10H2,1-3H3. The Kier molecular flexibility index (Phi) is 4.52. The van der Waals surface area contributed by atoms with Gasteiger partial charge >= 0.3 is 0 Å². The number of hydrogen-bond donors (Lipinski definition) is 1. The molecule has 2 heteroatoms. The summed E-state index contributed by atoms with van der Waals surface area (Å²) >= 11 is 2.02. The minimum atomic E-state index is 0.728. The summed E-state index contributed by atoms with van der Waals surface area (Å²) in [5.74, 6) is 0. The van der Waals surface area contributed by atoms with Crippen molar-refractivity contribution in [1.82, 2.24) is 5.32 Å². The summed E-state index contributed by atoms with van der Waals surface area (Å²) < 4.78 is 0. The second-order valence-corrected chi connectivity index (χ2v) is 6.26. The van der Waals surface area contributed by atoms with E-state index >= 15 is 0 Å². The van der Waals surface area contributed by atoms with Gasteiger partial charge in [-0.3, -0.25) is 0 Å². The fraction of sp³-hybridized carbons (Fsp3) is 0.600. The molecule has 17 heavy (non-hydrogen) atoms. The molecule has 1 aliphatic rings. The van der Waals surface area contributed by atoms with Crippen molar-refractivity contribution in [2.45, 2.75) is 50.9 Å². The SMILES string of the molecule is CSC1CCC(NCc2c(C)cccc2C)C1. The molecule has 1 aromatic carbocycles. The summed E-state index contributed by atoms with van der Waals surface area (Å²) in [7, 11) is 0.